The molecule has 1 N–H and O–H groups in total. The van der Waals surface area contributed by atoms with Crippen LogP contribution >= 0.6 is 0 Å². The highest BCUT2D eigenvalue weighted by atomic mass is 16.4. The quantitative estimate of drug-likeness (QED) is 0.889. The molecule has 2 unspecified atom stereocenters. The molecule has 8 nitrogen and oxygen atoms in total. The summed E-state index contributed by atoms with van der Waals surface area (Å²) in [6, 6.07) is 7.41. The van der Waals surface area contributed by atoms with Gasteiger partial charge >= 0.3 is 5.97 Å². The monoisotopic (exact) mass is 329 g/mol. The molecule has 0 bridgehead atoms. The summed E-state index contributed by atoms with van der Waals surface area (Å²) in [5, 5.41) is 20.2. The molecule has 2 heterocycles. The van der Waals surface area contributed by atoms with Gasteiger partial charge in [0.2, 0.25) is 5.91 Å². The summed E-state index contributed by atoms with van der Waals surface area (Å²) in [4.78, 5) is 25.4. The van der Waals surface area contributed by atoms with Crippen molar-refractivity contribution in [2.45, 2.75) is 19.8 Å². The molecule has 1 saturated heterocycles. The Balaban J connectivity index is 1.65. The van der Waals surface area contributed by atoms with Gasteiger partial charge < -0.3 is 10.0 Å². The number of likely N-dealkylation sites (tertiary alicyclic amines) is 1. The Hall–Kier alpha value is -2.77. The van der Waals surface area contributed by atoms with Crippen LogP contribution < -0.4 is 0 Å². The van der Waals surface area contributed by atoms with E-state index >= 15 is 0 Å². The lowest BCUT2D eigenvalue weighted by Gasteiger charge is -2.34. The van der Waals surface area contributed by atoms with E-state index in [0.29, 0.717) is 19.5 Å². The van der Waals surface area contributed by atoms with Crippen molar-refractivity contribution in [3.63, 3.8) is 0 Å². The van der Waals surface area contributed by atoms with E-state index in [2.05, 4.69) is 15.5 Å². The van der Waals surface area contributed by atoms with Crippen LogP contribution in [0.2, 0.25) is 0 Å². The molecule has 1 fully saturated rings. The van der Waals surface area contributed by atoms with Crippen molar-refractivity contribution in [3.05, 3.63) is 36.2 Å². The number of carbonyl (C=O) groups is 2. The molecule has 8 heteroatoms. The first-order valence-electron chi connectivity index (χ1n) is 7.86. The Morgan fingerprint density at radius 2 is 2.00 bits per heavy atom. The van der Waals surface area contributed by atoms with Gasteiger partial charge in [0.15, 0.2) is 0 Å². The molecule has 1 aromatic heterocycles. The Kier molecular flexibility index (Phi) is 4.54. The molecular formula is C16H19N5O3. The van der Waals surface area contributed by atoms with Crippen molar-refractivity contribution in [2.75, 3.05) is 13.1 Å². The number of hydrogen-bond acceptors (Lipinski definition) is 5. The highest BCUT2D eigenvalue weighted by Gasteiger charge is 2.31. The van der Waals surface area contributed by atoms with Crippen LogP contribution in [0.1, 0.15) is 18.9 Å². The summed E-state index contributed by atoms with van der Waals surface area (Å²) < 4.78 is 1.54. The Morgan fingerprint density at radius 3 is 2.62 bits per heavy atom. The zero-order valence-electron chi connectivity index (χ0n) is 13.4. The number of carboxylic acid groups (broad SMARTS) is 1. The first kappa shape index (κ1) is 16.1. The van der Waals surface area contributed by atoms with Crippen LogP contribution in [0, 0.1) is 11.8 Å². The number of carbonyl (C=O) groups excluding carboxylic acids is 1. The zero-order chi connectivity index (χ0) is 17.1. The molecule has 0 spiro atoms. The molecule has 0 radical (unpaired) electrons. The van der Waals surface area contributed by atoms with Gasteiger partial charge in [-0.05, 0) is 40.5 Å². The first-order chi connectivity index (χ1) is 11.5. The van der Waals surface area contributed by atoms with Gasteiger partial charge in [-0.25, -0.2) is 4.68 Å². The molecule has 1 amide bonds. The van der Waals surface area contributed by atoms with Gasteiger partial charge in [-0.3, -0.25) is 9.59 Å². The fourth-order valence-corrected chi connectivity index (χ4v) is 3.07. The molecule has 0 aliphatic carbocycles. The van der Waals surface area contributed by atoms with Gasteiger partial charge in [0, 0.05) is 13.1 Å². The van der Waals surface area contributed by atoms with Crippen molar-refractivity contribution < 1.29 is 14.7 Å². The number of piperidine rings is 1. The third-order valence-corrected chi connectivity index (χ3v) is 4.27. The summed E-state index contributed by atoms with van der Waals surface area (Å²) >= 11 is 0. The first-order valence-corrected chi connectivity index (χ1v) is 7.86. The molecule has 1 aliphatic heterocycles. The van der Waals surface area contributed by atoms with Gasteiger partial charge in [-0.2, -0.15) is 0 Å². The Labute approximate surface area is 139 Å². The highest BCUT2D eigenvalue weighted by Crippen LogP contribution is 2.22. The maximum Gasteiger partial charge on any atom is 0.308 e. The second-order valence-electron chi connectivity index (χ2n) is 6.27. The number of hydrogen-bond donors (Lipinski definition) is 1. The van der Waals surface area contributed by atoms with E-state index in [1.165, 1.54) is 11.0 Å². The maximum absolute atomic E-state index is 12.5. The normalized spacial score (nSPS) is 20.8. The molecule has 1 aliphatic rings. The minimum atomic E-state index is -0.829. The van der Waals surface area contributed by atoms with Gasteiger partial charge in [0.1, 0.15) is 6.33 Å². The SMILES string of the molecule is CC1CC(C(=O)O)CN(C(=O)Cc2ccc(-n3cnnn3)cc2)C1. The van der Waals surface area contributed by atoms with Gasteiger partial charge in [0.05, 0.1) is 18.0 Å². The molecule has 2 aromatic rings. The van der Waals surface area contributed by atoms with Crippen LogP contribution in [0.5, 0.6) is 0 Å². The molecule has 2 atom stereocenters. The van der Waals surface area contributed by atoms with Crippen LogP contribution in [0.25, 0.3) is 5.69 Å². The average Bonchev–Trinajstić information content (AvgIpc) is 3.09. The average molecular weight is 329 g/mol. The summed E-state index contributed by atoms with van der Waals surface area (Å²) in [6.45, 7) is 2.89. The van der Waals surface area contributed by atoms with Crippen LogP contribution in [0.15, 0.2) is 30.6 Å². The topological polar surface area (TPSA) is 101 Å². The van der Waals surface area contributed by atoms with E-state index < -0.39 is 11.9 Å². The third kappa shape index (κ3) is 3.58. The van der Waals surface area contributed by atoms with Crippen LogP contribution in [-0.4, -0.2) is 55.2 Å². The minimum absolute atomic E-state index is 0.0389. The van der Waals surface area contributed by atoms with E-state index in [9.17, 15) is 14.7 Å². The number of amides is 1. The van der Waals surface area contributed by atoms with Crippen molar-refractivity contribution in [1.82, 2.24) is 25.1 Å². The van der Waals surface area contributed by atoms with Crippen LogP contribution in [0.4, 0.5) is 0 Å². The smallest absolute Gasteiger partial charge is 0.308 e. The molecule has 1 aromatic carbocycles. The lowest BCUT2D eigenvalue weighted by molar-refractivity contribution is -0.146. The predicted octanol–water partition coefficient (Wildman–Crippen LogP) is 0.774. The molecule has 24 heavy (non-hydrogen) atoms. The number of carboxylic acids is 1. The number of benzene rings is 1. The number of aliphatic carboxylic acids is 1. The fraction of sp³-hybridized carbons (Fsp3) is 0.438. The molecule has 126 valence electrons. The van der Waals surface area contributed by atoms with Crippen molar-refractivity contribution >= 4 is 11.9 Å². The molecule has 3 rings (SSSR count). The maximum atomic E-state index is 12.5. The summed E-state index contributed by atoms with van der Waals surface area (Å²) in [7, 11) is 0. The van der Waals surface area contributed by atoms with Gasteiger partial charge in [-0.15, -0.1) is 5.10 Å². The van der Waals surface area contributed by atoms with Gasteiger partial charge in [0.25, 0.3) is 0 Å². The van der Waals surface area contributed by atoms with Gasteiger partial charge in [-0.1, -0.05) is 19.1 Å². The molecule has 0 saturated carbocycles. The van der Waals surface area contributed by atoms with E-state index in [-0.39, 0.29) is 18.2 Å². The predicted molar refractivity (Wildman–Crippen MR) is 84.3 cm³/mol. The second kappa shape index (κ2) is 6.77. The minimum Gasteiger partial charge on any atom is -0.481 e. The van der Waals surface area contributed by atoms with Crippen LogP contribution in [-0.2, 0) is 16.0 Å². The summed E-state index contributed by atoms with van der Waals surface area (Å²) in [6.07, 6.45) is 2.38. The Bertz CT molecular complexity index is 714. The van der Waals surface area contributed by atoms with E-state index in [1.807, 2.05) is 31.2 Å². The van der Waals surface area contributed by atoms with Crippen molar-refractivity contribution in [2.24, 2.45) is 11.8 Å². The number of nitrogens with zero attached hydrogens (tertiary/aromatic N) is 5. The lowest BCUT2D eigenvalue weighted by Crippen LogP contribution is -2.46. The summed E-state index contributed by atoms with van der Waals surface area (Å²) in [5.41, 5.74) is 1.69. The highest BCUT2D eigenvalue weighted by molar-refractivity contribution is 5.80. The van der Waals surface area contributed by atoms with E-state index in [1.54, 1.807) is 4.90 Å². The lowest BCUT2D eigenvalue weighted by atomic mass is 9.90. The Morgan fingerprint density at radius 1 is 1.25 bits per heavy atom. The van der Waals surface area contributed by atoms with E-state index in [0.717, 1.165) is 11.3 Å². The summed E-state index contributed by atoms with van der Waals surface area (Å²) in [5.74, 6) is -1.14. The van der Waals surface area contributed by atoms with Crippen molar-refractivity contribution in [1.29, 1.82) is 0 Å². The largest absolute Gasteiger partial charge is 0.481 e. The van der Waals surface area contributed by atoms with Crippen molar-refractivity contribution in [3.8, 4) is 5.69 Å². The zero-order valence-corrected chi connectivity index (χ0v) is 13.4. The second-order valence-corrected chi connectivity index (χ2v) is 6.27. The molecular weight excluding hydrogens is 310 g/mol. The fourth-order valence-electron chi connectivity index (χ4n) is 3.07. The van der Waals surface area contributed by atoms with E-state index in [4.69, 9.17) is 0 Å². The number of tetrazole rings is 1. The number of aromatic nitrogens is 4. The standard InChI is InChI=1S/C16H19N5O3/c1-11-6-13(16(23)24)9-20(8-11)15(22)7-12-2-4-14(5-3-12)21-10-17-18-19-21/h2-5,10-11,13H,6-9H2,1H3,(H,23,24). The number of rotatable bonds is 4. The van der Waals surface area contributed by atoms with Crippen LogP contribution in [0.3, 0.4) is 0 Å². The third-order valence-electron chi connectivity index (χ3n) is 4.27.